The lowest BCUT2D eigenvalue weighted by Crippen LogP contribution is -2.53. The summed E-state index contributed by atoms with van der Waals surface area (Å²) in [6.07, 6.45) is 1.18. The van der Waals surface area contributed by atoms with E-state index in [2.05, 4.69) is 17.6 Å². The lowest BCUT2D eigenvalue weighted by Gasteiger charge is -2.35. The zero-order chi connectivity index (χ0) is 31.2. The largest absolute Gasteiger partial charge is 0.444 e. The van der Waals surface area contributed by atoms with Gasteiger partial charge < -0.3 is 29.9 Å². The monoisotopic (exact) mass is 584 g/mol. The molecule has 3 aliphatic heterocycles. The van der Waals surface area contributed by atoms with Gasteiger partial charge in [-0.3, -0.25) is 24.2 Å². The Bertz CT molecular complexity index is 882. The fourth-order valence-corrected chi connectivity index (χ4v) is 3.97. The minimum Gasteiger partial charge on any atom is -0.444 e. The Morgan fingerprint density at radius 2 is 1.22 bits per heavy atom. The smallest absolute Gasteiger partial charge is 0.410 e. The molecule has 236 valence electrons. The summed E-state index contributed by atoms with van der Waals surface area (Å²) in [6.45, 7) is 21.4. The number of hydrogen-bond donors (Lipinski definition) is 2. The molecule has 0 aromatic heterocycles. The highest BCUT2D eigenvalue weighted by atomic mass is 16.6. The molecule has 0 saturated carbocycles. The van der Waals surface area contributed by atoms with Crippen LogP contribution in [0.15, 0.2) is 0 Å². The first kappa shape index (κ1) is 35.9. The molecular formula is C28H52N6O7. The van der Waals surface area contributed by atoms with Crippen LogP contribution in [-0.4, -0.2) is 133 Å². The summed E-state index contributed by atoms with van der Waals surface area (Å²) < 4.78 is 10.4. The highest BCUT2D eigenvalue weighted by Gasteiger charge is 2.30. The van der Waals surface area contributed by atoms with Crippen molar-refractivity contribution in [1.29, 1.82) is 0 Å². The molecule has 0 aromatic rings. The molecule has 0 unspecified atom stereocenters. The standard InChI is InChI=1S/C12H22N2O3.C9H16N2O3.C7H14N2O/c1-5-6-13-7-8-14(9-10(13)15)11(16)17-12(2,3)4;1-9(2,3)14-8(13)11-5-4-10-7(12)6-11;1-2-4-9-5-3-8-6-7(9)10/h5-9H2,1-4H3;4-6H2,1-3H3,(H,10,12);8H,2-6H2,1H3. The van der Waals surface area contributed by atoms with Gasteiger partial charge in [-0.2, -0.15) is 0 Å². The van der Waals surface area contributed by atoms with Gasteiger partial charge in [0, 0.05) is 52.4 Å². The molecule has 3 rings (SSSR count). The van der Waals surface area contributed by atoms with Crippen molar-refractivity contribution in [2.45, 2.75) is 79.4 Å². The van der Waals surface area contributed by atoms with Crippen molar-refractivity contribution in [1.82, 2.24) is 30.2 Å². The summed E-state index contributed by atoms with van der Waals surface area (Å²) in [7, 11) is 0. The molecule has 0 atom stereocenters. The maximum absolute atomic E-state index is 11.8. The molecular weight excluding hydrogens is 532 g/mol. The fourth-order valence-electron chi connectivity index (χ4n) is 3.97. The van der Waals surface area contributed by atoms with E-state index in [1.807, 2.05) is 32.6 Å². The topological polar surface area (TPSA) is 141 Å². The molecule has 0 radical (unpaired) electrons. The van der Waals surface area contributed by atoms with Crippen molar-refractivity contribution in [3.8, 4) is 0 Å². The average molecular weight is 585 g/mol. The van der Waals surface area contributed by atoms with E-state index in [0.29, 0.717) is 32.7 Å². The Balaban J connectivity index is 0.000000318. The van der Waals surface area contributed by atoms with Crippen molar-refractivity contribution >= 4 is 29.9 Å². The second-order valence-corrected chi connectivity index (χ2v) is 12.1. The first-order valence-electron chi connectivity index (χ1n) is 14.5. The lowest BCUT2D eigenvalue weighted by atomic mass is 10.2. The number of amides is 5. The first-order chi connectivity index (χ1) is 19.1. The van der Waals surface area contributed by atoms with Crippen LogP contribution in [0.5, 0.6) is 0 Å². The predicted octanol–water partition coefficient (Wildman–Crippen LogP) is 1.66. The molecule has 2 N–H and O–H groups in total. The van der Waals surface area contributed by atoms with E-state index >= 15 is 0 Å². The first-order valence-corrected chi connectivity index (χ1v) is 14.5. The summed E-state index contributed by atoms with van der Waals surface area (Å²) >= 11 is 0. The maximum Gasteiger partial charge on any atom is 0.410 e. The van der Waals surface area contributed by atoms with Gasteiger partial charge in [-0.1, -0.05) is 13.8 Å². The zero-order valence-electron chi connectivity index (χ0n) is 26.3. The van der Waals surface area contributed by atoms with E-state index in [-0.39, 0.29) is 30.8 Å². The summed E-state index contributed by atoms with van der Waals surface area (Å²) in [6, 6.07) is 0. The van der Waals surface area contributed by atoms with Gasteiger partial charge in [0.05, 0.1) is 6.54 Å². The predicted molar refractivity (Wildman–Crippen MR) is 155 cm³/mol. The minimum atomic E-state index is -0.513. The third-order valence-electron chi connectivity index (χ3n) is 5.83. The summed E-state index contributed by atoms with van der Waals surface area (Å²) in [4.78, 5) is 63.6. The Labute approximate surface area is 245 Å². The fraction of sp³-hybridized carbons (Fsp3) is 0.821. The molecule has 0 aliphatic carbocycles. The summed E-state index contributed by atoms with van der Waals surface area (Å²) in [5.74, 6) is 0.110. The molecule has 13 heteroatoms. The number of carbonyl (C=O) groups excluding carboxylic acids is 5. The van der Waals surface area contributed by atoms with E-state index in [4.69, 9.17) is 9.47 Å². The number of nitrogens with one attached hydrogen (secondary N) is 2. The van der Waals surface area contributed by atoms with Crippen LogP contribution < -0.4 is 10.6 Å². The number of nitrogens with zero attached hydrogens (tertiary/aromatic N) is 4. The number of piperazine rings is 3. The van der Waals surface area contributed by atoms with Crippen molar-refractivity contribution in [2.24, 2.45) is 0 Å². The van der Waals surface area contributed by atoms with E-state index < -0.39 is 23.4 Å². The molecule has 13 nitrogen and oxygen atoms in total. The van der Waals surface area contributed by atoms with Crippen molar-refractivity contribution < 1.29 is 33.4 Å². The third-order valence-corrected chi connectivity index (χ3v) is 5.83. The second kappa shape index (κ2) is 17.0. The van der Waals surface area contributed by atoms with Gasteiger partial charge in [0.1, 0.15) is 24.3 Å². The average Bonchev–Trinajstić information content (AvgIpc) is 2.86. The van der Waals surface area contributed by atoms with E-state index in [1.54, 1.807) is 25.7 Å². The summed E-state index contributed by atoms with van der Waals surface area (Å²) in [5.41, 5.74) is -1.02. The highest BCUT2D eigenvalue weighted by molar-refractivity contribution is 5.84. The van der Waals surface area contributed by atoms with Gasteiger partial charge in [-0.15, -0.1) is 0 Å². The molecule has 0 spiro atoms. The normalized spacial score (nSPS) is 18.0. The van der Waals surface area contributed by atoms with Gasteiger partial charge in [0.25, 0.3) is 0 Å². The van der Waals surface area contributed by atoms with Gasteiger partial charge in [0.2, 0.25) is 17.7 Å². The van der Waals surface area contributed by atoms with Crippen LogP contribution >= 0.6 is 0 Å². The van der Waals surface area contributed by atoms with Crippen LogP contribution in [0, 0.1) is 0 Å². The van der Waals surface area contributed by atoms with Crippen LogP contribution in [0.4, 0.5) is 9.59 Å². The number of ether oxygens (including phenoxy) is 2. The van der Waals surface area contributed by atoms with E-state index in [9.17, 15) is 24.0 Å². The highest BCUT2D eigenvalue weighted by Crippen LogP contribution is 2.13. The van der Waals surface area contributed by atoms with Crippen LogP contribution in [0.2, 0.25) is 0 Å². The molecule has 3 fully saturated rings. The minimum absolute atomic E-state index is 0.00367. The number of carbonyl (C=O) groups is 5. The van der Waals surface area contributed by atoms with Crippen LogP contribution in [-0.2, 0) is 23.9 Å². The second-order valence-electron chi connectivity index (χ2n) is 12.1. The van der Waals surface area contributed by atoms with E-state index in [0.717, 1.165) is 39.0 Å². The van der Waals surface area contributed by atoms with Gasteiger partial charge >= 0.3 is 12.2 Å². The van der Waals surface area contributed by atoms with Gasteiger partial charge in [-0.05, 0) is 54.4 Å². The number of rotatable bonds is 4. The Kier molecular flexibility index (Phi) is 14.9. The quantitative estimate of drug-likeness (QED) is 0.508. The zero-order valence-corrected chi connectivity index (χ0v) is 26.3. The molecule has 5 amide bonds. The molecule has 0 bridgehead atoms. The Morgan fingerprint density at radius 1 is 0.707 bits per heavy atom. The molecule has 3 saturated heterocycles. The van der Waals surface area contributed by atoms with Gasteiger partial charge in [-0.25, -0.2) is 9.59 Å². The van der Waals surface area contributed by atoms with Crippen molar-refractivity contribution in [2.75, 3.05) is 72.0 Å². The van der Waals surface area contributed by atoms with Crippen molar-refractivity contribution in [3.05, 3.63) is 0 Å². The SMILES string of the molecule is CC(C)(C)OC(=O)N1CCNC(=O)C1.CCCN1CCN(C(=O)OC(C)(C)C)CC1=O.CCCN1CCNCC1=O. The Morgan fingerprint density at radius 3 is 1.66 bits per heavy atom. The van der Waals surface area contributed by atoms with Crippen molar-refractivity contribution in [3.63, 3.8) is 0 Å². The maximum atomic E-state index is 11.8. The molecule has 3 heterocycles. The lowest BCUT2D eigenvalue weighted by molar-refractivity contribution is -0.136. The molecule has 41 heavy (non-hydrogen) atoms. The Hall–Kier alpha value is -3.09. The number of hydrogen-bond acceptors (Lipinski definition) is 8. The van der Waals surface area contributed by atoms with Gasteiger partial charge in [0.15, 0.2) is 0 Å². The van der Waals surface area contributed by atoms with Crippen LogP contribution in [0.25, 0.3) is 0 Å². The molecule has 3 aliphatic rings. The molecule has 0 aromatic carbocycles. The van der Waals surface area contributed by atoms with E-state index in [1.165, 1.54) is 9.80 Å². The van der Waals surface area contributed by atoms with Crippen LogP contribution in [0.1, 0.15) is 68.2 Å². The summed E-state index contributed by atoms with van der Waals surface area (Å²) in [5, 5.41) is 5.67. The van der Waals surface area contributed by atoms with Crippen LogP contribution in [0.3, 0.4) is 0 Å². The third kappa shape index (κ3) is 14.9.